The Morgan fingerprint density at radius 2 is 2.21 bits per heavy atom. The van der Waals surface area contributed by atoms with Crippen molar-refractivity contribution >= 4 is 11.7 Å². The molecule has 0 aliphatic carbocycles. The summed E-state index contributed by atoms with van der Waals surface area (Å²) in [5.74, 6) is 1.97. The monoisotopic (exact) mass is 194 g/mol. The van der Waals surface area contributed by atoms with Crippen molar-refractivity contribution in [2.75, 3.05) is 0 Å². The summed E-state index contributed by atoms with van der Waals surface area (Å²) >= 11 is 0. The van der Waals surface area contributed by atoms with Crippen LogP contribution in [0.25, 0.3) is 0 Å². The maximum Gasteiger partial charge on any atom is 0.125 e. The fraction of sp³-hybridized carbons (Fsp3) is 0.333. The molecule has 0 saturated carbocycles. The summed E-state index contributed by atoms with van der Waals surface area (Å²) in [6.45, 7) is 2.26. The van der Waals surface area contributed by atoms with Crippen LogP contribution in [0.5, 0.6) is 0 Å². The lowest BCUT2D eigenvalue weighted by atomic mass is 10.3. The smallest absolute Gasteiger partial charge is 0.125 e. The van der Waals surface area contributed by atoms with Gasteiger partial charge in [-0.2, -0.15) is 0 Å². The highest BCUT2D eigenvalue weighted by Crippen LogP contribution is 2.07. The van der Waals surface area contributed by atoms with E-state index < -0.39 is 0 Å². The number of hydrogen-bond acceptors (Lipinski definition) is 3. The molecular formula is C9H14N4O. The van der Waals surface area contributed by atoms with Gasteiger partial charge in [0.2, 0.25) is 0 Å². The van der Waals surface area contributed by atoms with Gasteiger partial charge in [-0.3, -0.25) is 10.4 Å². The lowest BCUT2D eigenvalue weighted by Gasteiger charge is -1.97. The number of nitrogens with zero attached hydrogens (tertiary/aromatic N) is 1. The van der Waals surface area contributed by atoms with E-state index in [1.807, 2.05) is 19.1 Å². The molecule has 0 amide bonds. The van der Waals surface area contributed by atoms with Gasteiger partial charge in [0.15, 0.2) is 0 Å². The third-order valence-electron chi connectivity index (χ3n) is 1.61. The molecule has 1 aromatic rings. The Hall–Kier alpha value is -1.78. The molecule has 5 nitrogen and oxygen atoms in total. The normalized spacial score (nSPS) is 11.6. The molecule has 76 valence electrons. The average molecular weight is 194 g/mol. The van der Waals surface area contributed by atoms with E-state index in [1.54, 1.807) is 0 Å². The van der Waals surface area contributed by atoms with Crippen molar-refractivity contribution < 1.29 is 4.42 Å². The van der Waals surface area contributed by atoms with Gasteiger partial charge in [0, 0.05) is 0 Å². The van der Waals surface area contributed by atoms with Gasteiger partial charge in [-0.15, -0.1) is 0 Å². The predicted octanol–water partition coefficient (Wildman–Crippen LogP) is 0.771. The van der Waals surface area contributed by atoms with E-state index in [0.29, 0.717) is 12.4 Å². The summed E-state index contributed by atoms with van der Waals surface area (Å²) in [7, 11) is 0. The number of aryl methyl sites for hydroxylation is 1. The fourth-order valence-electron chi connectivity index (χ4n) is 1.00. The summed E-state index contributed by atoms with van der Waals surface area (Å²) in [4.78, 5) is 4.03. The van der Waals surface area contributed by atoms with Gasteiger partial charge in [0.05, 0.1) is 18.8 Å². The highest BCUT2D eigenvalue weighted by Gasteiger charge is 1.98. The largest absolute Gasteiger partial charge is 0.464 e. The molecule has 0 atom stereocenters. The minimum Gasteiger partial charge on any atom is -0.464 e. The van der Waals surface area contributed by atoms with Crippen molar-refractivity contribution in [1.82, 2.24) is 0 Å². The first-order chi connectivity index (χ1) is 6.58. The third-order valence-corrected chi connectivity index (χ3v) is 1.61. The Bertz CT molecular complexity index is 353. The van der Waals surface area contributed by atoms with E-state index in [2.05, 4.69) is 4.99 Å². The zero-order valence-electron chi connectivity index (χ0n) is 8.08. The maximum absolute atomic E-state index is 7.01. The second kappa shape index (κ2) is 4.45. The van der Waals surface area contributed by atoms with Crippen LogP contribution in [0.3, 0.4) is 0 Å². The quantitative estimate of drug-likeness (QED) is 0.487. The van der Waals surface area contributed by atoms with Crippen molar-refractivity contribution in [2.45, 2.75) is 19.9 Å². The Balaban J connectivity index is 2.50. The Morgan fingerprint density at radius 3 is 2.71 bits per heavy atom. The van der Waals surface area contributed by atoms with Crippen molar-refractivity contribution in [3.63, 3.8) is 0 Å². The minimum atomic E-state index is 0.0156. The van der Waals surface area contributed by atoms with Crippen LogP contribution >= 0.6 is 0 Å². The minimum absolute atomic E-state index is 0.0156. The zero-order chi connectivity index (χ0) is 10.6. The maximum atomic E-state index is 7.01. The van der Waals surface area contributed by atoms with Gasteiger partial charge >= 0.3 is 0 Å². The van der Waals surface area contributed by atoms with Crippen LogP contribution in [0, 0.1) is 12.3 Å². The second-order valence-corrected chi connectivity index (χ2v) is 3.02. The zero-order valence-corrected chi connectivity index (χ0v) is 8.08. The molecule has 0 radical (unpaired) electrons. The summed E-state index contributed by atoms with van der Waals surface area (Å²) in [6.07, 6.45) is 0.208. The molecule has 0 spiro atoms. The Kier molecular flexibility index (Phi) is 3.28. The van der Waals surface area contributed by atoms with E-state index in [9.17, 15) is 0 Å². The molecule has 5 N–H and O–H groups in total. The Labute approximate surface area is 82.3 Å². The topological polar surface area (TPSA) is 101 Å². The van der Waals surface area contributed by atoms with Gasteiger partial charge in [0.25, 0.3) is 0 Å². The van der Waals surface area contributed by atoms with Crippen LogP contribution in [-0.4, -0.2) is 11.7 Å². The second-order valence-electron chi connectivity index (χ2n) is 3.02. The summed E-state index contributed by atoms with van der Waals surface area (Å²) in [6, 6.07) is 3.71. The molecule has 0 unspecified atom stereocenters. The van der Waals surface area contributed by atoms with Crippen LogP contribution in [0.15, 0.2) is 21.5 Å². The number of aliphatic imine (C=N–C) groups is 1. The SMILES string of the molecule is Cc1ccc(CN=C(N)CC(=N)N)o1. The standard InChI is InChI=1S/C9H14N4O/c1-6-2-3-7(14-6)5-13-9(12)4-8(10)11/h2-3H,4-5H2,1H3,(H3,10,11)(H2,12,13). The number of nitrogens with two attached hydrogens (primary N) is 2. The van der Waals surface area contributed by atoms with E-state index in [0.717, 1.165) is 11.5 Å². The van der Waals surface area contributed by atoms with E-state index in [-0.39, 0.29) is 12.3 Å². The first-order valence-corrected chi connectivity index (χ1v) is 4.25. The van der Waals surface area contributed by atoms with Gasteiger partial charge in [0.1, 0.15) is 17.4 Å². The molecule has 5 heteroatoms. The number of hydrogen-bond donors (Lipinski definition) is 3. The van der Waals surface area contributed by atoms with E-state index >= 15 is 0 Å². The van der Waals surface area contributed by atoms with Gasteiger partial charge < -0.3 is 15.9 Å². The lowest BCUT2D eigenvalue weighted by Crippen LogP contribution is -2.21. The van der Waals surface area contributed by atoms with Gasteiger partial charge in [-0.05, 0) is 19.1 Å². The van der Waals surface area contributed by atoms with Crippen LogP contribution in [0.2, 0.25) is 0 Å². The first kappa shape index (κ1) is 10.3. The molecular weight excluding hydrogens is 180 g/mol. The Morgan fingerprint density at radius 1 is 1.50 bits per heavy atom. The molecule has 0 aliphatic rings. The van der Waals surface area contributed by atoms with Crippen molar-refractivity contribution in [3.05, 3.63) is 23.7 Å². The molecule has 14 heavy (non-hydrogen) atoms. The van der Waals surface area contributed by atoms with Crippen molar-refractivity contribution in [2.24, 2.45) is 16.5 Å². The molecule has 0 saturated heterocycles. The number of amidine groups is 2. The number of nitrogens with one attached hydrogen (secondary N) is 1. The molecule has 0 bridgehead atoms. The van der Waals surface area contributed by atoms with Crippen LogP contribution < -0.4 is 11.5 Å². The van der Waals surface area contributed by atoms with Crippen LogP contribution in [-0.2, 0) is 6.54 Å². The molecule has 0 aliphatic heterocycles. The lowest BCUT2D eigenvalue weighted by molar-refractivity contribution is 0.486. The molecule has 1 aromatic heterocycles. The molecule has 0 aromatic carbocycles. The summed E-state index contributed by atoms with van der Waals surface area (Å²) < 4.78 is 5.29. The number of rotatable bonds is 4. The van der Waals surface area contributed by atoms with E-state index in [1.165, 1.54) is 0 Å². The van der Waals surface area contributed by atoms with Crippen LogP contribution in [0.1, 0.15) is 17.9 Å². The van der Waals surface area contributed by atoms with Crippen LogP contribution in [0.4, 0.5) is 0 Å². The first-order valence-electron chi connectivity index (χ1n) is 4.25. The molecule has 1 rings (SSSR count). The van der Waals surface area contributed by atoms with E-state index in [4.69, 9.17) is 21.3 Å². The fourth-order valence-corrected chi connectivity index (χ4v) is 1.00. The molecule has 0 fully saturated rings. The highest BCUT2D eigenvalue weighted by molar-refractivity contribution is 5.99. The third kappa shape index (κ3) is 3.30. The van der Waals surface area contributed by atoms with Gasteiger partial charge in [-0.1, -0.05) is 0 Å². The average Bonchev–Trinajstić information content (AvgIpc) is 2.47. The van der Waals surface area contributed by atoms with Crippen molar-refractivity contribution in [1.29, 1.82) is 5.41 Å². The van der Waals surface area contributed by atoms with Crippen molar-refractivity contribution in [3.8, 4) is 0 Å². The summed E-state index contributed by atoms with van der Waals surface area (Å²) in [5.41, 5.74) is 10.7. The summed E-state index contributed by atoms with van der Waals surface area (Å²) in [5, 5.41) is 7.01. The van der Waals surface area contributed by atoms with Gasteiger partial charge in [-0.25, -0.2) is 0 Å². The number of furan rings is 1. The molecule has 1 heterocycles. The predicted molar refractivity (Wildman–Crippen MR) is 55.3 cm³/mol. The highest BCUT2D eigenvalue weighted by atomic mass is 16.3.